The van der Waals surface area contributed by atoms with E-state index in [-0.39, 0.29) is 12.1 Å². The molecule has 110 valence electrons. The lowest BCUT2D eigenvalue weighted by Crippen LogP contribution is -2.65. The van der Waals surface area contributed by atoms with Crippen LogP contribution in [0.3, 0.4) is 0 Å². The van der Waals surface area contributed by atoms with Crippen LogP contribution in [0.5, 0.6) is 0 Å². The average molecular weight is 301 g/mol. The molecule has 0 bridgehead atoms. The fourth-order valence-corrected chi connectivity index (χ4v) is 9.04. The fourth-order valence-electron chi connectivity index (χ4n) is 2.43. The standard InChI is InChI=1S/C14H28O3Si2/c1-8-13(15)16-14(3,9-2)12-10-11-18(4,5)19(6,7)17-12/h8,12H,1,9-11H2,2-7H3. The van der Waals surface area contributed by atoms with E-state index in [1.807, 2.05) is 13.8 Å². The first kappa shape index (κ1) is 16.7. The first-order valence-electron chi connectivity index (χ1n) is 7.11. The minimum atomic E-state index is -1.65. The molecule has 0 aromatic heterocycles. The molecule has 0 spiro atoms. The van der Waals surface area contributed by atoms with E-state index in [1.54, 1.807) is 0 Å². The molecular weight excluding hydrogens is 272 g/mol. The maximum atomic E-state index is 11.5. The molecule has 2 atom stereocenters. The Labute approximate surface area is 119 Å². The highest BCUT2D eigenvalue weighted by molar-refractivity contribution is 7.38. The smallest absolute Gasteiger partial charge is 0.330 e. The molecule has 0 aromatic carbocycles. The van der Waals surface area contributed by atoms with Gasteiger partial charge in [0.15, 0.2) is 7.83 Å². The van der Waals surface area contributed by atoms with E-state index in [0.29, 0.717) is 0 Å². The summed E-state index contributed by atoms with van der Waals surface area (Å²) in [6.07, 6.45) is 3.04. The summed E-state index contributed by atoms with van der Waals surface area (Å²) in [5, 5.41) is 0. The Balaban J connectivity index is 2.90. The van der Waals surface area contributed by atoms with E-state index >= 15 is 0 Å². The predicted molar refractivity (Wildman–Crippen MR) is 84.2 cm³/mol. The SMILES string of the molecule is C=CC(=O)OC(C)(CC)C1CC[Si](C)(C)[Si](C)(C)O1. The fraction of sp³-hybridized carbons (Fsp3) is 0.786. The first-order chi connectivity index (χ1) is 8.58. The van der Waals surface area contributed by atoms with Crippen LogP contribution in [0.15, 0.2) is 12.7 Å². The van der Waals surface area contributed by atoms with Gasteiger partial charge in [-0.05, 0) is 32.9 Å². The molecule has 0 N–H and O–H groups in total. The largest absolute Gasteiger partial charge is 0.454 e. The molecule has 1 saturated heterocycles. The maximum absolute atomic E-state index is 11.5. The minimum absolute atomic E-state index is 0.0311. The van der Waals surface area contributed by atoms with Crippen LogP contribution in [-0.4, -0.2) is 33.1 Å². The van der Waals surface area contributed by atoms with Crippen LogP contribution in [0.1, 0.15) is 26.7 Å². The van der Waals surface area contributed by atoms with E-state index in [0.717, 1.165) is 12.8 Å². The first-order valence-corrected chi connectivity index (χ1v) is 14.2. The quantitative estimate of drug-likeness (QED) is 0.451. The van der Waals surface area contributed by atoms with E-state index in [9.17, 15) is 4.79 Å². The van der Waals surface area contributed by atoms with Gasteiger partial charge in [0.05, 0.1) is 13.7 Å². The maximum Gasteiger partial charge on any atom is 0.330 e. The van der Waals surface area contributed by atoms with Crippen LogP contribution in [-0.2, 0) is 14.0 Å². The highest BCUT2D eigenvalue weighted by Gasteiger charge is 2.52. The second-order valence-corrected chi connectivity index (χ2v) is 22.0. The van der Waals surface area contributed by atoms with E-state index < -0.39 is 21.0 Å². The summed E-state index contributed by atoms with van der Waals surface area (Å²) < 4.78 is 12.1. The normalized spacial score (nSPS) is 28.2. The predicted octanol–water partition coefficient (Wildman–Crippen LogP) is 3.67. The molecular formula is C14H28O3Si2. The van der Waals surface area contributed by atoms with Crippen molar-refractivity contribution in [1.82, 2.24) is 0 Å². The Bertz CT molecular complexity index is 366. The van der Waals surface area contributed by atoms with Crippen LogP contribution in [0.25, 0.3) is 0 Å². The van der Waals surface area contributed by atoms with E-state index in [1.165, 1.54) is 12.1 Å². The molecule has 5 heteroatoms. The molecule has 0 radical (unpaired) electrons. The average Bonchev–Trinajstić information content (AvgIpc) is 2.32. The second-order valence-electron chi connectivity index (χ2n) is 6.83. The third-order valence-corrected chi connectivity index (χ3v) is 21.5. The van der Waals surface area contributed by atoms with Gasteiger partial charge in [0.1, 0.15) is 5.60 Å². The molecule has 0 amide bonds. The van der Waals surface area contributed by atoms with Crippen LogP contribution in [0.2, 0.25) is 32.2 Å². The lowest BCUT2D eigenvalue weighted by Gasteiger charge is -2.50. The Hall–Kier alpha value is -0.396. The number of hydrogen-bond donors (Lipinski definition) is 0. The molecule has 1 fully saturated rings. The topological polar surface area (TPSA) is 35.5 Å². The summed E-state index contributed by atoms with van der Waals surface area (Å²) in [7, 11) is -2.89. The lowest BCUT2D eigenvalue weighted by atomic mass is 9.94. The molecule has 0 aliphatic carbocycles. The van der Waals surface area contributed by atoms with E-state index in [2.05, 4.69) is 32.8 Å². The van der Waals surface area contributed by atoms with Gasteiger partial charge in [0.25, 0.3) is 0 Å². The van der Waals surface area contributed by atoms with Gasteiger partial charge in [0, 0.05) is 6.08 Å². The van der Waals surface area contributed by atoms with Gasteiger partial charge in [-0.2, -0.15) is 0 Å². The van der Waals surface area contributed by atoms with Crippen molar-refractivity contribution in [3.63, 3.8) is 0 Å². The van der Waals surface area contributed by atoms with Gasteiger partial charge in [-0.15, -0.1) is 0 Å². The molecule has 2 unspecified atom stereocenters. The Morgan fingerprint density at radius 3 is 2.47 bits per heavy atom. The van der Waals surface area contributed by atoms with Crippen molar-refractivity contribution in [2.45, 2.75) is 70.6 Å². The van der Waals surface area contributed by atoms with Crippen molar-refractivity contribution in [3.05, 3.63) is 12.7 Å². The van der Waals surface area contributed by atoms with Gasteiger partial charge in [0.2, 0.25) is 0 Å². The number of esters is 1. The van der Waals surface area contributed by atoms with Gasteiger partial charge in [-0.1, -0.05) is 32.6 Å². The monoisotopic (exact) mass is 300 g/mol. The number of carbonyl (C=O) groups is 1. The van der Waals surface area contributed by atoms with Gasteiger partial charge in [-0.25, -0.2) is 4.79 Å². The zero-order valence-corrected chi connectivity index (χ0v) is 15.2. The Morgan fingerprint density at radius 1 is 1.47 bits per heavy atom. The van der Waals surface area contributed by atoms with Crippen LogP contribution < -0.4 is 0 Å². The molecule has 0 saturated carbocycles. The summed E-state index contributed by atoms with van der Waals surface area (Å²) in [5.41, 5.74) is -0.527. The lowest BCUT2D eigenvalue weighted by molar-refractivity contribution is -0.163. The number of carbonyl (C=O) groups excluding carboxylic acids is 1. The van der Waals surface area contributed by atoms with Crippen molar-refractivity contribution >= 4 is 21.4 Å². The minimum Gasteiger partial charge on any atom is -0.454 e. The number of ether oxygens (including phenoxy) is 1. The third kappa shape index (κ3) is 3.38. The third-order valence-electron chi connectivity index (χ3n) is 4.98. The summed E-state index contributed by atoms with van der Waals surface area (Å²) in [6.45, 7) is 17.0. The van der Waals surface area contributed by atoms with Gasteiger partial charge in [-0.3, -0.25) is 0 Å². The second kappa shape index (κ2) is 5.54. The van der Waals surface area contributed by atoms with E-state index in [4.69, 9.17) is 9.16 Å². The summed E-state index contributed by atoms with van der Waals surface area (Å²) in [4.78, 5) is 11.5. The highest BCUT2D eigenvalue weighted by Crippen LogP contribution is 2.39. The zero-order valence-electron chi connectivity index (χ0n) is 13.2. The van der Waals surface area contributed by atoms with Crippen LogP contribution in [0, 0.1) is 0 Å². The van der Waals surface area contributed by atoms with Crippen molar-refractivity contribution in [3.8, 4) is 0 Å². The molecule has 1 heterocycles. The molecule has 1 aliphatic heterocycles. The Morgan fingerprint density at radius 2 is 2.05 bits per heavy atom. The molecule has 1 aliphatic rings. The molecule has 1 rings (SSSR count). The van der Waals surface area contributed by atoms with Crippen molar-refractivity contribution in [2.75, 3.05) is 0 Å². The Kier molecular flexibility index (Phi) is 4.85. The van der Waals surface area contributed by atoms with Crippen molar-refractivity contribution in [1.29, 1.82) is 0 Å². The summed E-state index contributed by atoms with van der Waals surface area (Å²) in [6, 6.07) is 1.26. The number of hydrogen-bond acceptors (Lipinski definition) is 3. The van der Waals surface area contributed by atoms with Crippen molar-refractivity contribution in [2.24, 2.45) is 0 Å². The summed E-state index contributed by atoms with van der Waals surface area (Å²) in [5.74, 6) is -0.352. The van der Waals surface area contributed by atoms with Crippen LogP contribution in [0.4, 0.5) is 0 Å². The molecule has 0 aromatic rings. The summed E-state index contributed by atoms with van der Waals surface area (Å²) >= 11 is 0. The van der Waals surface area contributed by atoms with Crippen molar-refractivity contribution < 1.29 is 14.0 Å². The zero-order chi connectivity index (χ0) is 14.9. The highest BCUT2D eigenvalue weighted by atomic mass is 29.3. The van der Waals surface area contributed by atoms with Crippen LogP contribution >= 0.6 is 0 Å². The van der Waals surface area contributed by atoms with Gasteiger partial charge >= 0.3 is 5.97 Å². The van der Waals surface area contributed by atoms with Gasteiger partial charge < -0.3 is 9.16 Å². The molecule has 19 heavy (non-hydrogen) atoms. The number of rotatable bonds is 4. The molecule has 3 nitrogen and oxygen atoms in total.